The van der Waals surface area contributed by atoms with E-state index in [1.54, 1.807) is 7.11 Å². The summed E-state index contributed by atoms with van der Waals surface area (Å²) >= 11 is 0. The van der Waals surface area contributed by atoms with Crippen LogP contribution >= 0.6 is 0 Å². The highest BCUT2D eigenvalue weighted by Crippen LogP contribution is 2.42. The first kappa shape index (κ1) is 22.9. The van der Waals surface area contributed by atoms with Gasteiger partial charge in [0.2, 0.25) is 0 Å². The van der Waals surface area contributed by atoms with Crippen LogP contribution in [0.15, 0.2) is 48.1 Å². The highest BCUT2D eigenvalue weighted by Gasteiger charge is 2.43. The minimum Gasteiger partial charge on any atom is -0.497 e. The van der Waals surface area contributed by atoms with Gasteiger partial charge in [-0.2, -0.15) is 0 Å². The minimum atomic E-state index is -1.86. The van der Waals surface area contributed by atoms with Gasteiger partial charge in [-0.3, -0.25) is 0 Å². The molecule has 156 valence electrons. The molecular formula is C24H38O3Si. The lowest BCUT2D eigenvalue weighted by Crippen LogP contribution is -2.43. The molecule has 2 rings (SSSR count). The molecule has 0 spiro atoms. The summed E-state index contributed by atoms with van der Waals surface area (Å²) in [6.45, 7) is 18.6. The van der Waals surface area contributed by atoms with Gasteiger partial charge in [0, 0.05) is 6.42 Å². The number of hydrogen-bond donors (Lipinski definition) is 0. The maximum atomic E-state index is 6.70. The SMILES string of the molecule is C=C1/C(=C/CCC)[C@H](OCc2ccc(OC)cc2)C[C@@H]1O[Si](C)(C)C(C)(C)C. The topological polar surface area (TPSA) is 27.7 Å². The Labute approximate surface area is 172 Å². The third-order valence-corrected chi connectivity index (χ3v) is 10.5. The molecule has 1 fully saturated rings. The lowest BCUT2D eigenvalue weighted by Gasteiger charge is -2.38. The predicted molar refractivity (Wildman–Crippen MR) is 120 cm³/mol. The van der Waals surface area contributed by atoms with Crippen molar-refractivity contribution >= 4 is 8.32 Å². The molecule has 0 saturated heterocycles. The van der Waals surface area contributed by atoms with E-state index in [2.05, 4.69) is 65.6 Å². The van der Waals surface area contributed by atoms with Crippen LogP contribution in [-0.4, -0.2) is 27.6 Å². The molecule has 0 bridgehead atoms. The number of methoxy groups -OCH3 is 1. The Kier molecular flexibility index (Phi) is 7.71. The third kappa shape index (κ3) is 5.59. The summed E-state index contributed by atoms with van der Waals surface area (Å²) in [5.41, 5.74) is 3.49. The standard InChI is InChI=1S/C24H38O3Si/c1-9-10-11-21-18(2)22(27-28(7,8)24(3,4)5)16-23(21)26-17-19-12-14-20(25-6)15-13-19/h11-15,22-23H,2,9-10,16-17H2,1,3-8H3/b21-11-/t22-,23+/m0/s1. The van der Waals surface area contributed by atoms with Crippen LogP contribution in [0.25, 0.3) is 0 Å². The van der Waals surface area contributed by atoms with Crippen molar-refractivity contribution in [2.45, 2.75) is 83.9 Å². The van der Waals surface area contributed by atoms with E-state index >= 15 is 0 Å². The zero-order chi connectivity index (χ0) is 20.9. The average Bonchev–Trinajstić information content (AvgIpc) is 2.92. The molecule has 0 radical (unpaired) electrons. The number of benzene rings is 1. The molecule has 28 heavy (non-hydrogen) atoms. The number of hydrogen-bond acceptors (Lipinski definition) is 3. The van der Waals surface area contributed by atoms with Crippen LogP contribution < -0.4 is 4.74 Å². The molecular weight excluding hydrogens is 364 g/mol. The Hall–Kier alpha value is -1.36. The Morgan fingerprint density at radius 2 is 1.79 bits per heavy atom. The van der Waals surface area contributed by atoms with Gasteiger partial charge in [0.05, 0.1) is 25.9 Å². The van der Waals surface area contributed by atoms with E-state index in [1.807, 2.05) is 12.1 Å². The second kappa shape index (κ2) is 9.42. The molecule has 1 aromatic rings. The van der Waals surface area contributed by atoms with Crippen molar-refractivity contribution in [3.05, 3.63) is 53.6 Å². The van der Waals surface area contributed by atoms with Gasteiger partial charge in [0.15, 0.2) is 8.32 Å². The van der Waals surface area contributed by atoms with Crippen molar-refractivity contribution in [3.8, 4) is 5.75 Å². The summed E-state index contributed by atoms with van der Waals surface area (Å²) in [6.07, 6.45) is 5.44. The maximum absolute atomic E-state index is 6.70. The predicted octanol–water partition coefficient (Wildman–Crippen LogP) is 6.66. The highest BCUT2D eigenvalue weighted by atomic mass is 28.4. The molecule has 0 aromatic heterocycles. The molecule has 1 aliphatic rings. The molecule has 3 nitrogen and oxygen atoms in total. The van der Waals surface area contributed by atoms with Gasteiger partial charge >= 0.3 is 0 Å². The van der Waals surface area contributed by atoms with Gasteiger partial charge in [-0.05, 0) is 53.4 Å². The average molecular weight is 403 g/mol. The zero-order valence-electron chi connectivity index (χ0n) is 18.8. The summed E-state index contributed by atoms with van der Waals surface area (Å²) in [7, 11) is -0.174. The fraction of sp³-hybridized carbons (Fsp3) is 0.583. The molecule has 1 saturated carbocycles. The van der Waals surface area contributed by atoms with E-state index in [1.165, 1.54) is 5.57 Å². The quantitative estimate of drug-likeness (QED) is 0.455. The molecule has 0 unspecified atom stereocenters. The van der Waals surface area contributed by atoms with Crippen LogP contribution in [0.5, 0.6) is 5.75 Å². The van der Waals surface area contributed by atoms with Crippen LogP contribution in [0.3, 0.4) is 0 Å². The van der Waals surface area contributed by atoms with Gasteiger partial charge in [0.25, 0.3) is 0 Å². The van der Waals surface area contributed by atoms with E-state index in [4.69, 9.17) is 13.9 Å². The van der Waals surface area contributed by atoms with Gasteiger partial charge in [-0.1, -0.05) is 58.9 Å². The van der Waals surface area contributed by atoms with Crippen molar-refractivity contribution in [3.63, 3.8) is 0 Å². The number of unbranched alkanes of at least 4 members (excludes halogenated alkanes) is 1. The van der Waals surface area contributed by atoms with E-state index in [9.17, 15) is 0 Å². The van der Waals surface area contributed by atoms with Crippen LogP contribution in [0.4, 0.5) is 0 Å². The van der Waals surface area contributed by atoms with Gasteiger partial charge in [-0.15, -0.1) is 0 Å². The highest BCUT2D eigenvalue weighted by molar-refractivity contribution is 6.74. The Morgan fingerprint density at radius 3 is 2.32 bits per heavy atom. The Bertz CT molecular complexity index is 683. The lowest BCUT2D eigenvalue weighted by atomic mass is 10.1. The molecule has 2 atom stereocenters. The fourth-order valence-corrected chi connectivity index (χ4v) is 4.45. The van der Waals surface area contributed by atoms with Crippen LogP contribution in [0.1, 0.15) is 52.5 Å². The first-order chi connectivity index (χ1) is 13.1. The summed E-state index contributed by atoms with van der Waals surface area (Å²) in [6, 6.07) is 8.07. The lowest BCUT2D eigenvalue weighted by molar-refractivity contribution is 0.0539. The van der Waals surface area contributed by atoms with Crippen molar-refractivity contribution in [2.75, 3.05) is 7.11 Å². The van der Waals surface area contributed by atoms with Crippen molar-refractivity contribution in [2.24, 2.45) is 0 Å². The van der Waals surface area contributed by atoms with Crippen molar-refractivity contribution < 1.29 is 13.9 Å². The third-order valence-electron chi connectivity index (χ3n) is 6.04. The second-order valence-electron chi connectivity index (χ2n) is 9.22. The fourth-order valence-electron chi connectivity index (χ4n) is 3.15. The second-order valence-corrected chi connectivity index (χ2v) is 14.0. The molecule has 1 aliphatic carbocycles. The van der Waals surface area contributed by atoms with Crippen molar-refractivity contribution in [1.29, 1.82) is 0 Å². The van der Waals surface area contributed by atoms with E-state index in [0.717, 1.165) is 36.1 Å². The van der Waals surface area contributed by atoms with Crippen molar-refractivity contribution in [1.82, 2.24) is 0 Å². The number of rotatable bonds is 8. The van der Waals surface area contributed by atoms with Crippen LogP contribution in [0, 0.1) is 0 Å². The Morgan fingerprint density at radius 1 is 1.14 bits per heavy atom. The summed E-state index contributed by atoms with van der Waals surface area (Å²) < 4.78 is 18.3. The molecule has 0 amide bonds. The van der Waals surface area contributed by atoms with Gasteiger partial charge in [-0.25, -0.2) is 0 Å². The molecule has 1 aromatic carbocycles. The van der Waals surface area contributed by atoms with Crippen LogP contribution in [0.2, 0.25) is 18.1 Å². The molecule has 0 aliphatic heterocycles. The molecule has 4 heteroatoms. The van der Waals surface area contributed by atoms with E-state index in [-0.39, 0.29) is 17.2 Å². The maximum Gasteiger partial charge on any atom is 0.192 e. The van der Waals surface area contributed by atoms with Gasteiger partial charge in [0.1, 0.15) is 5.75 Å². The normalized spacial score (nSPS) is 22.1. The summed E-state index contributed by atoms with van der Waals surface area (Å²) in [4.78, 5) is 0. The first-order valence-corrected chi connectivity index (χ1v) is 13.3. The number of allylic oxidation sites excluding steroid dienone is 1. The summed E-state index contributed by atoms with van der Waals surface area (Å²) in [5, 5.41) is 0.183. The van der Waals surface area contributed by atoms with Gasteiger partial charge < -0.3 is 13.9 Å². The minimum absolute atomic E-state index is 0.0518. The van der Waals surface area contributed by atoms with E-state index < -0.39 is 8.32 Å². The largest absolute Gasteiger partial charge is 0.497 e. The molecule has 0 heterocycles. The zero-order valence-corrected chi connectivity index (χ0v) is 19.8. The monoisotopic (exact) mass is 402 g/mol. The number of ether oxygens (including phenoxy) is 2. The first-order valence-electron chi connectivity index (χ1n) is 10.4. The smallest absolute Gasteiger partial charge is 0.192 e. The Balaban J connectivity index is 2.11. The van der Waals surface area contributed by atoms with Crippen LogP contribution in [-0.2, 0) is 15.8 Å². The van der Waals surface area contributed by atoms with E-state index in [0.29, 0.717) is 6.61 Å². The summed E-state index contributed by atoms with van der Waals surface area (Å²) in [5.74, 6) is 0.865. The molecule has 0 N–H and O–H groups in total.